The molecule has 0 aliphatic heterocycles. The number of anilines is 1. The minimum atomic E-state index is -3.83. The lowest BCUT2D eigenvalue weighted by Gasteiger charge is -2.06. The van der Waals surface area contributed by atoms with Crippen molar-refractivity contribution in [3.8, 4) is 11.3 Å². The van der Waals surface area contributed by atoms with Gasteiger partial charge in [0.25, 0.3) is 5.69 Å². The monoisotopic (exact) mass is 453 g/mol. The average molecular weight is 454 g/mol. The van der Waals surface area contributed by atoms with E-state index in [2.05, 4.69) is 10.3 Å². The van der Waals surface area contributed by atoms with E-state index in [9.17, 15) is 23.3 Å². The Morgan fingerprint density at radius 3 is 2.45 bits per heavy atom. The topological polar surface area (TPSA) is 119 Å². The van der Waals surface area contributed by atoms with Crippen LogP contribution in [0.2, 0.25) is 0 Å². The molecule has 4 rings (SSSR count). The Morgan fingerprint density at radius 1 is 1.03 bits per heavy atom. The minimum Gasteiger partial charge on any atom is -0.301 e. The summed E-state index contributed by atoms with van der Waals surface area (Å²) in [5.74, 6) is -1.41. The summed E-state index contributed by atoms with van der Waals surface area (Å²) in [4.78, 5) is 26.9. The van der Waals surface area contributed by atoms with E-state index in [1.165, 1.54) is 18.2 Å². The summed E-state index contributed by atoms with van der Waals surface area (Å²) in [6.45, 7) is 0. The molecule has 0 saturated heterocycles. The van der Waals surface area contributed by atoms with E-state index in [0.717, 1.165) is 22.1 Å². The molecule has 0 saturated carbocycles. The first-order valence-electron chi connectivity index (χ1n) is 9.04. The third-order valence-electron chi connectivity index (χ3n) is 4.53. The lowest BCUT2D eigenvalue weighted by atomic mass is 10.1. The third kappa shape index (κ3) is 4.60. The number of aromatic nitrogens is 1. The van der Waals surface area contributed by atoms with Crippen LogP contribution in [0.5, 0.6) is 0 Å². The molecular weight excluding hydrogens is 438 g/mol. The van der Waals surface area contributed by atoms with Gasteiger partial charge in [-0.3, -0.25) is 14.9 Å². The van der Waals surface area contributed by atoms with Crippen molar-refractivity contribution in [2.75, 3.05) is 11.1 Å². The molecular formula is C21H15N3O5S2. The van der Waals surface area contributed by atoms with Crippen molar-refractivity contribution >= 4 is 48.7 Å². The van der Waals surface area contributed by atoms with E-state index in [0.29, 0.717) is 11.3 Å². The smallest absolute Gasteiger partial charge is 0.269 e. The standard InChI is InChI=1S/C21H15N3O5S2/c25-20(13-31(28,29)18-10-7-14-3-1-2-4-16(14)11-18)23-21-22-19(12-30-21)15-5-8-17(9-6-15)24(26)27/h1-12H,13H2,(H,22,23,25). The average Bonchev–Trinajstić information content (AvgIpc) is 3.21. The van der Waals surface area contributed by atoms with Crippen LogP contribution in [0, 0.1) is 10.1 Å². The van der Waals surface area contributed by atoms with Crippen LogP contribution in [0.3, 0.4) is 0 Å². The molecule has 8 nitrogen and oxygen atoms in total. The number of rotatable bonds is 6. The van der Waals surface area contributed by atoms with Crippen LogP contribution < -0.4 is 5.32 Å². The Kier molecular flexibility index (Phi) is 5.49. The number of benzene rings is 3. The molecule has 0 atom stereocenters. The summed E-state index contributed by atoms with van der Waals surface area (Å²) in [5.41, 5.74) is 1.13. The summed E-state index contributed by atoms with van der Waals surface area (Å²) in [5, 5.41) is 16.9. The van der Waals surface area contributed by atoms with Crippen molar-refractivity contribution in [2.24, 2.45) is 0 Å². The lowest BCUT2D eigenvalue weighted by molar-refractivity contribution is -0.384. The van der Waals surface area contributed by atoms with E-state index in [4.69, 9.17) is 0 Å². The molecule has 4 aromatic rings. The summed E-state index contributed by atoms with van der Waals surface area (Å²) >= 11 is 1.14. The number of carbonyl (C=O) groups excluding carboxylic acids is 1. The van der Waals surface area contributed by atoms with Crippen LogP contribution in [0.4, 0.5) is 10.8 Å². The molecule has 0 bridgehead atoms. The van der Waals surface area contributed by atoms with Gasteiger partial charge in [-0.2, -0.15) is 0 Å². The van der Waals surface area contributed by atoms with Crippen LogP contribution in [-0.2, 0) is 14.6 Å². The maximum absolute atomic E-state index is 12.7. The van der Waals surface area contributed by atoms with Crippen molar-refractivity contribution in [3.05, 3.63) is 82.2 Å². The molecule has 10 heteroatoms. The highest BCUT2D eigenvalue weighted by atomic mass is 32.2. The quantitative estimate of drug-likeness (QED) is 0.344. The van der Waals surface area contributed by atoms with Crippen LogP contribution in [0.15, 0.2) is 77.0 Å². The highest BCUT2D eigenvalue weighted by Crippen LogP contribution is 2.27. The fourth-order valence-corrected chi connectivity index (χ4v) is 4.89. The Bertz CT molecular complexity index is 1400. The van der Waals surface area contributed by atoms with Gasteiger partial charge in [0, 0.05) is 23.1 Å². The highest BCUT2D eigenvalue weighted by molar-refractivity contribution is 7.92. The van der Waals surface area contributed by atoms with Crippen molar-refractivity contribution in [2.45, 2.75) is 4.90 Å². The second kappa shape index (κ2) is 8.25. The zero-order valence-corrected chi connectivity index (χ0v) is 17.5. The molecule has 1 amide bonds. The van der Waals surface area contributed by atoms with Crippen molar-refractivity contribution in [1.29, 1.82) is 0 Å². The molecule has 156 valence electrons. The van der Waals surface area contributed by atoms with Gasteiger partial charge < -0.3 is 5.32 Å². The number of carbonyl (C=O) groups is 1. The number of nitrogens with one attached hydrogen (secondary N) is 1. The predicted molar refractivity (Wildman–Crippen MR) is 119 cm³/mol. The van der Waals surface area contributed by atoms with E-state index in [1.54, 1.807) is 29.6 Å². The van der Waals surface area contributed by atoms with Crippen molar-refractivity contribution in [3.63, 3.8) is 0 Å². The molecule has 0 spiro atoms. The highest BCUT2D eigenvalue weighted by Gasteiger charge is 2.21. The van der Waals surface area contributed by atoms with Gasteiger partial charge in [-0.1, -0.05) is 30.3 Å². The molecule has 0 fully saturated rings. The number of nitro groups is 1. The van der Waals surface area contributed by atoms with Gasteiger partial charge >= 0.3 is 0 Å². The van der Waals surface area contributed by atoms with E-state index >= 15 is 0 Å². The number of amides is 1. The van der Waals surface area contributed by atoms with Crippen LogP contribution in [0.25, 0.3) is 22.0 Å². The number of fused-ring (bicyclic) bond motifs is 1. The van der Waals surface area contributed by atoms with E-state index in [1.807, 2.05) is 24.3 Å². The normalized spacial score (nSPS) is 11.4. The summed E-state index contributed by atoms with van der Waals surface area (Å²) in [7, 11) is -3.83. The fraction of sp³-hybridized carbons (Fsp3) is 0.0476. The number of nitrogens with zero attached hydrogens (tertiary/aromatic N) is 2. The van der Waals surface area contributed by atoms with Crippen LogP contribution >= 0.6 is 11.3 Å². The molecule has 0 aliphatic rings. The number of hydrogen-bond donors (Lipinski definition) is 1. The van der Waals surface area contributed by atoms with Crippen LogP contribution in [0.1, 0.15) is 0 Å². The molecule has 0 aliphatic carbocycles. The molecule has 0 unspecified atom stereocenters. The number of hydrogen-bond acceptors (Lipinski definition) is 7. The molecule has 1 aromatic heterocycles. The van der Waals surface area contributed by atoms with Crippen LogP contribution in [-0.4, -0.2) is 30.0 Å². The van der Waals surface area contributed by atoms with Crippen molar-refractivity contribution < 1.29 is 18.1 Å². The Hall–Kier alpha value is -3.63. The van der Waals surface area contributed by atoms with Gasteiger partial charge in [-0.05, 0) is 35.0 Å². The van der Waals surface area contributed by atoms with Gasteiger partial charge in [-0.25, -0.2) is 13.4 Å². The zero-order valence-electron chi connectivity index (χ0n) is 15.9. The van der Waals surface area contributed by atoms with Gasteiger partial charge in [0.15, 0.2) is 15.0 Å². The van der Waals surface area contributed by atoms with Gasteiger partial charge in [0.1, 0.15) is 5.75 Å². The second-order valence-corrected chi connectivity index (χ2v) is 9.51. The fourth-order valence-electron chi connectivity index (χ4n) is 2.99. The molecule has 0 radical (unpaired) electrons. The first-order chi connectivity index (χ1) is 14.8. The zero-order chi connectivity index (χ0) is 22.0. The number of sulfone groups is 1. The minimum absolute atomic E-state index is 0.0357. The maximum Gasteiger partial charge on any atom is 0.269 e. The number of nitro benzene ring substituents is 1. The molecule has 3 aromatic carbocycles. The largest absolute Gasteiger partial charge is 0.301 e. The molecule has 31 heavy (non-hydrogen) atoms. The maximum atomic E-state index is 12.7. The number of non-ortho nitro benzene ring substituents is 1. The van der Waals surface area contributed by atoms with E-state index in [-0.39, 0.29) is 15.7 Å². The summed E-state index contributed by atoms with van der Waals surface area (Å²) in [6.07, 6.45) is 0. The Labute approximate surface area is 181 Å². The Balaban J connectivity index is 1.46. The summed E-state index contributed by atoms with van der Waals surface area (Å²) < 4.78 is 25.3. The summed E-state index contributed by atoms with van der Waals surface area (Å²) in [6, 6.07) is 18.0. The number of thiazole rings is 1. The first-order valence-corrected chi connectivity index (χ1v) is 11.6. The molecule has 1 heterocycles. The second-order valence-electron chi connectivity index (χ2n) is 6.66. The van der Waals surface area contributed by atoms with Gasteiger partial charge in [-0.15, -0.1) is 11.3 Å². The predicted octanol–water partition coefficient (Wildman–Crippen LogP) is 4.28. The SMILES string of the molecule is O=C(CS(=O)(=O)c1ccc2ccccc2c1)Nc1nc(-c2ccc([N+](=O)[O-])cc2)cs1. The lowest BCUT2D eigenvalue weighted by Crippen LogP contribution is -2.23. The van der Waals surface area contributed by atoms with E-state index < -0.39 is 26.4 Å². The third-order valence-corrected chi connectivity index (χ3v) is 6.90. The van der Waals surface area contributed by atoms with Crippen molar-refractivity contribution in [1.82, 2.24) is 4.98 Å². The first kappa shape index (κ1) is 20.6. The Morgan fingerprint density at radius 2 is 1.74 bits per heavy atom. The molecule has 1 N–H and O–H groups in total. The van der Waals surface area contributed by atoms with Gasteiger partial charge in [0.05, 0.1) is 15.5 Å². The van der Waals surface area contributed by atoms with Gasteiger partial charge in [0.2, 0.25) is 5.91 Å².